The van der Waals surface area contributed by atoms with Gasteiger partial charge in [-0.2, -0.15) is 0 Å². The summed E-state index contributed by atoms with van der Waals surface area (Å²) in [5, 5.41) is 8.46. The minimum Gasteiger partial charge on any atom is -0.481 e. The number of carboxylic acid groups (broad SMARTS) is 1. The van der Waals surface area contributed by atoms with E-state index in [0.717, 1.165) is 4.90 Å². The van der Waals surface area contributed by atoms with Crippen LogP contribution in [0.5, 0.6) is 0 Å². The summed E-state index contributed by atoms with van der Waals surface area (Å²) in [4.78, 5) is 35.6. The van der Waals surface area contributed by atoms with Crippen molar-refractivity contribution in [1.29, 1.82) is 0 Å². The third kappa shape index (κ3) is 4.74. The van der Waals surface area contributed by atoms with Gasteiger partial charge in [-0.15, -0.1) is 0 Å². The third-order valence-electron chi connectivity index (χ3n) is 1.96. The van der Waals surface area contributed by atoms with E-state index in [1.165, 1.54) is 11.9 Å². The van der Waals surface area contributed by atoms with Crippen LogP contribution in [0, 0.1) is 0 Å². The fourth-order valence-electron chi connectivity index (χ4n) is 0.981. The van der Waals surface area contributed by atoms with E-state index < -0.39 is 24.3 Å². The van der Waals surface area contributed by atoms with Crippen LogP contribution < -0.4 is 5.73 Å². The smallest absolute Gasteiger partial charge is 0.305 e. The number of likely N-dealkylation sites (N-methyl/N-ethyl adjacent to an activating group) is 2. The van der Waals surface area contributed by atoms with E-state index in [2.05, 4.69) is 0 Å². The van der Waals surface area contributed by atoms with Gasteiger partial charge < -0.3 is 20.6 Å². The molecule has 0 bridgehead atoms. The molecule has 0 aromatic heterocycles. The van der Waals surface area contributed by atoms with Crippen LogP contribution in [-0.4, -0.2) is 66.4 Å². The van der Waals surface area contributed by atoms with E-state index in [0.29, 0.717) is 0 Å². The zero-order valence-corrected chi connectivity index (χ0v) is 9.64. The Hall–Kier alpha value is -1.63. The zero-order chi connectivity index (χ0) is 12.9. The second kappa shape index (κ2) is 6.06. The fraction of sp³-hybridized carbons (Fsp3) is 0.667. The monoisotopic (exact) mass is 231 g/mol. The lowest BCUT2D eigenvalue weighted by Gasteiger charge is -2.21. The molecule has 0 saturated heterocycles. The van der Waals surface area contributed by atoms with E-state index in [9.17, 15) is 14.4 Å². The van der Waals surface area contributed by atoms with Crippen LogP contribution >= 0.6 is 0 Å². The number of carboxylic acids is 1. The molecule has 0 aliphatic rings. The molecular formula is C9H17N3O4. The van der Waals surface area contributed by atoms with Crippen molar-refractivity contribution >= 4 is 17.8 Å². The second-order valence-corrected chi connectivity index (χ2v) is 3.69. The molecule has 0 heterocycles. The molecule has 0 saturated carbocycles. The maximum absolute atomic E-state index is 11.5. The van der Waals surface area contributed by atoms with Crippen LogP contribution in [0.25, 0.3) is 0 Å². The lowest BCUT2D eigenvalue weighted by atomic mass is 10.2. The summed E-state index contributed by atoms with van der Waals surface area (Å²) >= 11 is 0. The number of hydrogen-bond acceptors (Lipinski definition) is 4. The summed E-state index contributed by atoms with van der Waals surface area (Å²) in [5.74, 6) is -1.95. The number of carbonyl (C=O) groups is 3. The second-order valence-electron chi connectivity index (χ2n) is 3.69. The SMILES string of the molecule is CN(C)C(=O)CN(C)C(=O)C(N)CC(=O)O. The lowest BCUT2D eigenvalue weighted by Crippen LogP contribution is -2.46. The van der Waals surface area contributed by atoms with Crippen LogP contribution in [0.1, 0.15) is 6.42 Å². The van der Waals surface area contributed by atoms with Gasteiger partial charge in [-0.25, -0.2) is 0 Å². The van der Waals surface area contributed by atoms with Crippen LogP contribution in [-0.2, 0) is 14.4 Å². The van der Waals surface area contributed by atoms with E-state index in [1.54, 1.807) is 14.1 Å². The molecule has 16 heavy (non-hydrogen) atoms. The largest absolute Gasteiger partial charge is 0.481 e. The van der Waals surface area contributed by atoms with Gasteiger partial charge in [0.25, 0.3) is 0 Å². The maximum Gasteiger partial charge on any atom is 0.305 e. The Bertz CT molecular complexity index is 290. The number of nitrogens with two attached hydrogens (primary N) is 1. The first kappa shape index (κ1) is 14.4. The Balaban J connectivity index is 4.28. The molecule has 0 rings (SSSR count). The average Bonchev–Trinajstić information content (AvgIpc) is 2.14. The number of carbonyl (C=O) groups excluding carboxylic acids is 2. The van der Waals surface area contributed by atoms with Gasteiger partial charge in [-0.3, -0.25) is 14.4 Å². The Morgan fingerprint density at radius 1 is 1.25 bits per heavy atom. The summed E-state index contributed by atoms with van der Waals surface area (Å²) in [5.41, 5.74) is 5.37. The minimum absolute atomic E-state index is 0.112. The Labute approximate surface area is 93.8 Å². The highest BCUT2D eigenvalue weighted by Crippen LogP contribution is 1.96. The van der Waals surface area contributed by atoms with Gasteiger partial charge in [-0.05, 0) is 0 Å². The third-order valence-corrected chi connectivity index (χ3v) is 1.96. The summed E-state index contributed by atoms with van der Waals surface area (Å²) in [6.07, 6.45) is -0.445. The quantitative estimate of drug-likeness (QED) is 0.589. The predicted octanol–water partition coefficient (Wildman–Crippen LogP) is -1.66. The molecule has 7 heteroatoms. The summed E-state index contributed by atoms with van der Waals surface area (Å²) < 4.78 is 0. The van der Waals surface area contributed by atoms with Crippen molar-refractivity contribution in [3.63, 3.8) is 0 Å². The number of aliphatic carboxylic acids is 1. The van der Waals surface area contributed by atoms with Gasteiger partial charge in [0, 0.05) is 21.1 Å². The van der Waals surface area contributed by atoms with Crippen molar-refractivity contribution in [3.05, 3.63) is 0 Å². The summed E-state index contributed by atoms with van der Waals surface area (Å²) in [6, 6.07) is -1.11. The van der Waals surface area contributed by atoms with Gasteiger partial charge in [-0.1, -0.05) is 0 Å². The van der Waals surface area contributed by atoms with E-state index in [4.69, 9.17) is 10.8 Å². The Morgan fingerprint density at radius 2 is 1.75 bits per heavy atom. The number of amides is 2. The molecule has 0 fully saturated rings. The average molecular weight is 231 g/mol. The van der Waals surface area contributed by atoms with Gasteiger partial charge >= 0.3 is 5.97 Å². The topological polar surface area (TPSA) is 104 Å². The Kier molecular flexibility index (Phi) is 5.44. The van der Waals surface area contributed by atoms with Crippen molar-refractivity contribution in [2.45, 2.75) is 12.5 Å². The molecule has 7 nitrogen and oxygen atoms in total. The molecule has 0 aromatic carbocycles. The first-order chi connectivity index (χ1) is 7.25. The van der Waals surface area contributed by atoms with Crippen LogP contribution in [0.15, 0.2) is 0 Å². The van der Waals surface area contributed by atoms with Crippen molar-refractivity contribution < 1.29 is 19.5 Å². The molecule has 1 unspecified atom stereocenters. The Morgan fingerprint density at radius 3 is 2.12 bits per heavy atom. The highest BCUT2D eigenvalue weighted by Gasteiger charge is 2.22. The van der Waals surface area contributed by atoms with Crippen molar-refractivity contribution in [2.24, 2.45) is 5.73 Å². The van der Waals surface area contributed by atoms with Gasteiger partial charge in [0.2, 0.25) is 11.8 Å². The molecule has 0 aliphatic heterocycles. The molecule has 0 spiro atoms. The van der Waals surface area contributed by atoms with Crippen molar-refractivity contribution in [2.75, 3.05) is 27.7 Å². The predicted molar refractivity (Wildman–Crippen MR) is 56.6 cm³/mol. The van der Waals surface area contributed by atoms with E-state index in [1.807, 2.05) is 0 Å². The van der Waals surface area contributed by atoms with Crippen molar-refractivity contribution in [1.82, 2.24) is 9.80 Å². The van der Waals surface area contributed by atoms with E-state index >= 15 is 0 Å². The molecule has 2 amide bonds. The zero-order valence-electron chi connectivity index (χ0n) is 9.64. The lowest BCUT2D eigenvalue weighted by molar-refractivity contribution is -0.143. The maximum atomic E-state index is 11.5. The van der Waals surface area contributed by atoms with Gasteiger partial charge in [0.1, 0.15) is 0 Å². The standard InChI is InChI=1S/C9H17N3O4/c1-11(2)7(13)5-12(3)9(16)6(10)4-8(14)15/h6H,4-5,10H2,1-3H3,(H,14,15). The molecule has 1 atom stereocenters. The molecule has 0 radical (unpaired) electrons. The molecule has 3 N–H and O–H groups in total. The van der Waals surface area contributed by atoms with Crippen LogP contribution in [0.3, 0.4) is 0 Å². The van der Waals surface area contributed by atoms with Gasteiger partial charge in [0.05, 0.1) is 19.0 Å². The summed E-state index contributed by atoms with van der Waals surface area (Å²) in [7, 11) is 4.54. The summed E-state index contributed by atoms with van der Waals surface area (Å²) in [6.45, 7) is -0.112. The molecular weight excluding hydrogens is 214 g/mol. The number of rotatable bonds is 5. The molecule has 0 aliphatic carbocycles. The van der Waals surface area contributed by atoms with E-state index in [-0.39, 0.29) is 12.5 Å². The van der Waals surface area contributed by atoms with Crippen LogP contribution in [0.4, 0.5) is 0 Å². The van der Waals surface area contributed by atoms with Crippen molar-refractivity contribution in [3.8, 4) is 0 Å². The number of nitrogens with zero attached hydrogens (tertiary/aromatic N) is 2. The minimum atomic E-state index is -1.15. The van der Waals surface area contributed by atoms with Crippen LogP contribution in [0.2, 0.25) is 0 Å². The first-order valence-corrected chi connectivity index (χ1v) is 4.68. The van der Waals surface area contributed by atoms with Gasteiger partial charge in [0.15, 0.2) is 0 Å². The highest BCUT2D eigenvalue weighted by atomic mass is 16.4. The molecule has 92 valence electrons. The number of hydrogen-bond donors (Lipinski definition) is 2. The normalized spacial score (nSPS) is 11.8. The molecule has 0 aromatic rings. The highest BCUT2D eigenvalue weighted by molar-refractivity contribution is 5.89. The fourth-order valence-corrected chi connectivity index (χ4v) is 0.981. The first-order valence-electron chi connectivity index (χ1n) is 4.68.